The molecule has 1 aromatic rings. The Morgan fingerprint density at radius 2 is 2.24 bits per heavy atom. The molecule has 1 fully saturated rings. The number of rotatable bonds is 6. The van der Waals surface area contributed by atoms with Crippen LogP contribution >= 0.6 is 15.9 Å². The van der Waals surface area contributed by atoms with Gasteiger partial charge >= 0.3 is 0 Å². The minimum absolute atomic E-state index is 0.682. The topological polar surface area (TPSA) is 49.8 Å². The Morgan fingerprint density at radius 3 is 2.88 bits per heavy atom. The van der Waals surface area contributed by atoms with Crippen molar-refractivity contribution in [3.63, 3.8) is 0 Å². The summed E-state index contributed by atoms with van der Waals surface area (Å²) in [6, 6.07) is 0. The molecular formula is C12H19BrN4. The lowest BCUT2D eigenvalue weighted by Gasteiger charge is -2.25. The fraction of sp³-hybridized carbons (Fsp3) is 0.667. The minimum atomic E-state index is 0.682. The number of nitrogens with one attached hydrogen (secondary N) is 2. The van der Waals surface area contributed by atoms with Crippen LogP contribution in [-0.4, -0.2) is 23.1 Å². The van der Waals surface area contributed by atoms with Crippen molar-refractivity contribution in [1.29, 1.82) is 0 Å². The third-order valence-electron chi connectivity index (χ3n) is 3.15. The Morgan fingerprint density at radius 1 is 1.41 bits per heavy atom. The van der Waals surface area contributed by atoms with E-state index in [4.69, 9.17) is 0 Å². The quantitative estimate of drug-likeness (QED) is 0.846. The van der Waals surface area contributed by atoms with Gasteiger partial charge in [0, 0.05) is 19.3 Å². The Bertz CT molecular complexity index is 366. The molecule has 0 atom stereocenters. The van der Waals surface area contributed by atoms with E-state index in [-0.39, 0.29) is 0 Å². The molecule has 17 heavy (non-hydrogen) atoms. The van der Waals surface area contributed by atoms with E-state index in [0.717, 1.165) is 29.3 Å². The van der Waals surface area contributed by atoms with Crippen molar-refractivity contribution in [2.45, 2.75) is 32.6 Å². The second-order valence-electron chi connectivity index (χ2n) is 4.43. The van der Waals surface area contributed by atoms with Crippen LogP contribution in [0.5, 0.6) is 0 Å². The zero-order chi connectivity index (χ0) is 12.1. The van der Waals surface area contributed by atoms with Gasteiger partial charge in [0.2, 0.25) is 5.95 Å². The van der Waals surface area contributed by atoms with Crippen LogP contribution in [0, 0.1) is 5.92 Å². The molecule has 0 spiro atoms. The van der Waals surface area contributed by atoms with Crippen molar-refractivity contribution >= 4 is 27.7 Å². The summed E-state index contributed by atoms with van der Waals surface area (Å²) in [6.45, 7) is 3.87. The molecular weight excluding hydrogens is 280 g/mol. The van der Waals surface area contributed by atoms with E-state index in [1.165, 1.54) is 25.7 Å². The SMILES string of the molecule is CCNc1ncc(Br)c(NCCC2CCC2)n1. The van der Waals surface area contributed by atoms with E-state index >= 15 is 0 Å². The fourth-order valence-corrected chi connectivity index (χ4v) is 2.24. The van der Waals surface area contributed by atoms with Gasteiger partial charge in [-0.25, -0.2) is 4.98 Å². The van der Waals surface area contributed by atoms with Gasteiger partial charge < -0.3 is 10.6 Å². The monoisotopic (exact) mass is 298 g/mol. The van der Waals surface area contributed by atoms with Crippen molar-refractivity contribution in [1.82, 2.24) is 9.97 Å². The average Bonchev–Trinajstić information content (AvgIpc) is 2.26. The summed E-state index contributed by atoms with van der Waals surface area (Å²) in [6.07, 6.45) is 7.24. The summed E-state index contributed by atoms with van der Waals surface area (Å²) in [5.74, 6) is 2.49. The van der Waals surface area contributed by atoms with Crippen molar-refractivity contribution in [3.8, 4) is 0 Å². The third-order valence-corrected chi connectivity index (χ3v) is 3.73. The van der Waals surface area contributed by atoms with Crippen molar-refractivity contribution in [2.75, 3.05) is 23.7 Å². The molecule has 0 saturated heterocycles. The van der Waals surface area contributed by atoms with E-state index in [0.29, 0.717) is 5.95 Å². The van der Waals surface area contributed by atoms with Crippen molar-refractivity contribution < 1.29 is 0 Å². The number of hydrogen-bond donors (Lipinski definition) is 2. The number of aromatic nitrogens is 2. The number of anilines is 2. The van der Waals surface area contributed by atoms with Crippen LogP contribution in [0.2, 0.25) is 0 Å². The first-order valence-corrected chi connectivity index (χ1v) is 7.09. The van der Waals surface area contributed by atoms with Gasteiger partial charge in [-0.3, -0.25) is 0 Å². The van der Waals surface area contributed by atoms with Gasteiger partial charge in [-0.15, -0.1) is 0 Å². The highest BCUT2D eigenvalue weighted by molar-refractivity contribution is 9.10. The lowest BCUT2D eigenvalue weighted by atomic mass is 9.83. The molecule has 0 aliphatic heterocycles. The number of nitrogens with zero attached hydrogens (tertiary/aromatic N) is 2. The zero-order valence-electron chi connectivity index (χ0n) is 10.2. The second-order valence-corrected chi connectivity index (χ2v) is 5.29. The van der Waals surface area contributed by atoms with Gasteiger partial charge in [-0.1, -0.05) is 19.3 Å². The molecule has 2 N–H and O–H groups in total. The van der Waals surface area contributed by atoms with Crippen LogP contribution in [0.15, 0.2) is 10.7 Å². The first-order chi connectivity index (χ1) is 8.29. The second kappa shape index (κ2) is 6.19. The molecule has 0 unspecified atom stereocenters. The van der Waals surface area contributed by atoms with Crippen LogP contribution in [0.25, 0.3) is 0 Å². The van der Waals surface area contributed by atoms with Gasteiger partial charge in [0.25, 0.3) is 0 Å². The molecule has 5 heteroatoms. The van der Waals surface area contributed by atoms with Crippen molar-refractivity contribution in [3.05, 3.63) is 10.7 Å². The van der Waals surface area contributed by atoms with E-state index in [9.17, 15) is 0 Å². The summed E-state index contributed by atoms with van der Waals surface area (Å²) < 4.78 is 0.924. The summed E-state index contributed by atoms with van der Waals surface area (Å²) >= 11 is 3.46. The fourth-order valence-electron chi connectivity index (χ4n) is 1.91. The summed E-state index contributed by atoms with van der Waals surface area (Å²) in [7, 11) is 0. The summed E-state index contributed by atoms with van der Waals surface area (Å²) in [5, 5.41) is 6.49. The maximum atomic E-state index is 4.42. The lowest BCUT2D eigenvalue weighted by Crippen LogP contribution is -2.16. The van der Waals surface area contributed by atoms with Crippen LogP contribution in [0.1, 0.15) is 32.6 Å². The maximum absolute atomic E-state index is 4.42. The van der Waals surface area contributed by atoms with Crippen LogP contribution in [0.4, 0.5) is 11.8 Å². The molecule has 1 heterocycles. The van der Waals surface area contributed by atoms with Crippen LogP contribution < -0.4 is 10.6 Å². The standard InChI is InChI=1S/C12H19BrN4/c1-2-14-12-16-8-10(13)11(17-12)15-7-6-9-4-3-5-9/h8-9H,2-7H2,1H3,(H2,14,15,16,17). The average molecular weight is 299 g/mol. The van der Waals surface area contributed by atoms with Gasteiger partial charge in [0.15, 0.2) is 0 Å². The Labute approximate surface area is 111 Å². The number of hydrogen-bond acceptors (Lipinski definition) is 4. The van der Waals surface area contributed by atoms with Crippen LogP contribution in [0.3, 0.4) is 0 Å². The zero-order valence-corrected chi connectivity index (χ0v) is 11.8. The van der Waals surface area contributed by atoms with Gasteiger partial charge in [-0.2, -0.15) is 4.98 Å². The van der Waals surface area contributed by atoms with Crippen molar-refractivity contribution in [2.24, 2.45) is 5.92 Å². The first kappa shape index (κ1) is 12.6. The van der Waals surface area contributed by atoms with E-state index in [1.807, 2.05) is 6.92 Å². The van der Waals surface area contributed by atoms with E-state index in [2.05, 4.69) is 36.5 Å². The summed E-state index contributed by atoms with van der Waals surface area (Å²) in [5.41, 5.74) is 0. The van der Waals surface area contributed by atoms with Gasteiger partial charge in [0.1, 0.15) is 5.82 Å². The molecule has 0 bridgehead atoms. The minimum Gasteiger partial charge on any atom is -0.369 e. The molecule has 0 radical (unpaired) electrons. The molecule has 0 amide bonds. The normalized spacial score (nSPS) is 15.4. The Kier molecular flexibility index (Phi) is 4.59. The van der Waals surface area contributed by atoms with E-state index < -0.39 is 0 Å². The molecule has 1 aliphatic carbocycles. The van der Waals surface area contributed by atoms with Gasteiger partial charge in [0.05, 0.1) is 4.47 Å². The molecule has 1 saturated carbocycles. The van der Waals surface area contributed by atoms with Crippen LogP contribution in [-0.2, 0) is 0 Å². The predicted octanol–water partition coefficient (Wildman–Crippen LogP) is 3.27. The lowest BCUT2D eigenvalue weighted by molar-refractivity contribution is 0.303. The molecule has 94 valence electrons. The third kappa shape index (κ3) is 3.56. The highest BCUT2D eigenvalue weighted by atomic mass is 79.9. The highest BCUT2D eigenvalue weighted by Crippen LogP contribution is 2.29. The predicted molar refractivity (Wildman–Crippen MR) is 74.3 cm³/mol. The first-order valence-electron chi connectivity index (χ1n) is 6.30. The maximum Gasteiger partial charge on any atom is 0.224 e. The molecule has 0 aromatic carbocycles. The summed E-state index contributed by atoms with van der Waals surface area (Å²) in [4.78, 5) is 8.61. The molecule has 4 nitrogen and oxygen atoms in total. The van der Waals surface area contributed by atoms with E-state index in [1.54, 1.807) is 6.20 Å². The highest BCUT2D eigenvalue weighted by Gasteiger charge is 2.16. The Hall–Kier alpha value is -0.840. The van der Waals surface area contributed by atoms with Gasteiger partial charge in [-0.05, 0) is 35.2 Å². The molecule has 2 rings (SSSR count). The largest absolute Gasteiger partial charge is 0.369 e. The molecule has 1 aliphatic rings. The molecule has 1 aromatic heterocycles. The number of halogens is 1. The smallest absolute Gasteiger partial charge is 0.224 e. The Balaban J connectivity index is 1.86.